The zero-order valence-electron chi connectivity index (χ0n) is 23.4. The van der Waals surface area contributed by atoms with Crippen molar-refractivity contribution < 1.29 is 17.9 Å². The number of hydrogen-bond acceptors (Lipinski definition) is 6. The van der Waals surface area contributed by atoms with E-state index in [-0.39, 0.29) is 12.6 Å². The Balaban J connectivity index is 1.56. The molecule has 40 heavy (non-hydrogen) atoms. The molecule has 214 valence electrons. The summed E-state index contributed by atoms with van der Waals surface area (Å²) >= 11 is 0. The first-order valence-corrected chi connectivity index (χ1v) is 15.8. The quantitative estimate of drug-likeness (QED) is 0.469. The summed E-state index contributed by atoms with van der Waals surface area (Å²) in [5.74, 6) is 0.671. The van der Waals surface area contributed by atoms with E-state index in [1.54, 1.807) is 6.07 Å². The molecule has 1 aliphatic carbocycles. The summed E-state index contributed by atoms with van der Waals surface area (Å²) in [7, 11) is -0.499. The van der Waals surface area contributed by atoms with Crippen molar-refractivity contribution in [1.29, 1.82) is 0 Å². The molecule has 9 nitrogen and oxygen atoms in total. The van der Waals surface area contributed by atoms with Crippen LogP contribution in [0.2, 0.25) is 0 Å². The van der Waals surface area contributed by atoms with Crippen molar-refractivity contribution in [3.63, 3.8) is 0 Å². The Bertz CT molecular complexity index is 1510. The molecule has 1 unspecified atom stereocenters. The van der Waals surface area contributed by atoms with Crippen LogP contribution in [0.1, 0.15) is 53.9 Å². The van der Waals surface area contributed by atoms with Gasteiger partial charge >= 0.3 is 10.2 Å². The molecule has 1 saturated carbocycles. The van der Waals surface area contributed by atoms with Gasteiger partial charge in [0.15, 0.2) is 0 Å². The molecule has 2 N–H and O–H groups in total. The topological polar surface area (TPSA) is 95.9 Å². The lowest BCUT2D eigenvalue weighted by atomic mass is 9.81. The molecule has 1 atom stereocenters. The van der Waals surface area contributed by atoms with Crippen molar-refractivity contribution >= 4 is 27.0 Å². The van der Waals surface area contributed by atoms with Crippen LogP contribution in [0, 0.1) is 0 Å². The lowest BCUT2D eigenvalue weighted by Gasteiger charge is -2.29. The molecule has 2 aliphatic heterocycles. The van der Waals surface area contributed by atoms with Crippen LogP contribution in [0.15, 0.2) is 42.5 Å². The summed E-state index contributed by atoms with van der Waals surface area (Å²) in [5, 5.41) is 4.84. The summed E-state index contributed by atoms with van der Waals surface area (Å²) in [4.78, 5) is 15.4. The fourth-order valence-corrected chi connectivity index (χ4v) is 7.26. The second kappa shape index (κ2) is 11.2. The van der Waals surface area contributed by atoms with E-state index in [1.807, 2.05) is 31.3 Å². The normalized spacial score (nSPS) is 23.4. The first kappa shape index (κ1) is 27.3. The number of carbonyl (C=O) groups is 1. The zero-order chi connectivity index (χ0) is 27.9. The number of amides is 1. The molecule has 2 aromatic carbocycles. The van der Waals surface area contributed by atoms with Crippen LogP contribution in [0.3, 0.4) is 0 Å². The second-order valence-electron chi connectivity index (χ2n) is 11.5. The number of para-hydroxylation sites is 1. The second-order valence-corrected chi connectivity index (χ2v) is 13.2. The number of nitrogens with one attached hydrogen (secondary N) is 2. The van der Waals surface area contributed by atoms with Crippen LogP contribution in [0.5, 0.6) is 5.75 Å². The third-order valence-corrected chi connectivity index (χ3v) is 10.2. The third kappa shape index (κ3) is 5.25. The van der Waals surface area contributed by atoms with Gasteiger partial charge in [0.1, 0.15) is 12.4 Å². The molecule has 1 fully saturated rings. The Kier molecular flexibility index (Phi) is 7.60. The molecule has 0 spiro atoms. The minimum absolute atomic E-state index is 0.0590. The van der Waals surface area contributed by atoms with Crippen LogP contribution >= 0.6 is 0 Å². The molecule has 3 aromatic rings. The number of ether oxygens (including phenoxy) is 1. The number of fused-ring (bicyclic) bond motifs is 4. The summed E-state index contributed by atoms with van der Waals surface area (Å²) in [6, 6.07) is 14.0. The standard InChI is InChI=1S/C30H39N5O4S/c1-33-15-14-31-23-19-35-26-18-22(30(36)32-40(37,38)34(2)17-16-33)12-13-24(26)28(21-8-4-3-5-9-21)29(35)25-10-6-7-11-27(25)39-20-23/h6-7,10-13,18,21,23,31H,3-5,8-9,14-17,19-20H2,1-2H3,(H,32,36). The fraction of sp³-hybridized carbons (Fsp3) is 0.500. The maximum Gasteiger partial charge on any atom is 0.303 e. The third-order valence-electron chi connectivity index (χ3n) is 8.72. The number of benzene rings is 2. The number of carbonyl (C=O) groups excluding carboxylic acids is 1. The Labute approximate surface area is 236 Å². The molecule has 4 bridgehead atoms. The van der Waals surface area contributed by atoms with Crippen molar-refractivity contribution in [2.24, 2.45) is 0 Å². The van der Waals surface area contributed by atoms with Gasteiger partial charge in [-0.25, -0.2) is 4.72 Å². The van der Waals surface area contributed by atoms with Gasteiger partial charge in [-0.3, -0.25) is 4.79 Å². The molecule has 6 rings (SSSR count). The minimum Gasteiger partial charge on any atom is -0.491 e. The van der Waals surface area contributed by atoms with E-state index in [4.69, 9.17) is 4.74 Å². The van der Waals surface area contributed by atoms with Gasteiger partial charge in [-0.15, -0.1) is 0 Å². The van der Waals surface area contributed by atoms with E-state index in [0.717, 1.165) is 53.8 Å². The molecule has 1 aromatic heterocycles. The minimum atomic E-state index is -3.97. The van der Waals surface area contributed by atoms with Gasteiger partial charge in [0, 0.05) is 61.8 Å². The lowest BCUT2D eigenvalue weighted by Crippen LogP contribution is -2.46. The molecular formula is C30H39N5O4S. The molecule has 0 saturated heterocycles. The smallest absolute Gasteiger partial charge is 0.303 e. The Hall–Kier alpha value is -2.92. The van der Waals surface area contributed by atoms with Crippen LogP contribution in [-0.2, 0) is 16.8 Å². The summed E-state index contributed by atoms with van der Waals surface area (Å²) in [6.07, 6.45) is 5.95. The van der Waals surface area contributed by atoms with E-state index >= 15 is 0 Å². The highest BCUT2D eigenvalue weighted by molar-refractivity contribution is 7.87. The van der Waals surface area contributed by atoms with E-state index in [9.17, 15) is 13.2 Å². The molecule has 0 radical (unpaired) electrons. The summed E-state index contributed by atoms with van der Waals surface area (Å²) in [6.45, 7) is 3.53. The first-order valence-electron chi connectivity index (χ1n) is 14.4. The maximum absolute atomic E-state index is 13.3. The van der Waals surface area contributed by atoms with Gasteiger partial charge in [0.25, 0.3) is 5.91 Å². The Morgan fingerprint density at radius 3 is 2.60 bits per heavy atom. The van der Waals surface area contributed by atoms with Gasteiger partial charge in [-0.05, 0) is 55.6 Å². The maximum atomic E-state index is 13.3. The predicted octanol–water partition coefficient (Wildman–Crippen LogP) is 3.56. The number of hydrogen-bond donors (Lipinski definition) is 2. The summed E-state index contributed by atoms with van der Waals surface area (Å²) < 4.78 is 38.2. The fourth-order valence-electron chi connectivity index (χ4n) is 6.43. The van der Waals surface area contributed by atoms with Crippen LogP contribution in [0.4, 0.5) is 0 Å². The number of aromatic nitrogens is 1. The number of likely N-dealkylation sites (N-methyl/N-ethyl adjacent to an activating group) is 2. The van der Waals surface area contributed by atoms with Crippen LogP contribution in [-0.4, -0.2) is 81.0 Å². The van der Waals surface area contributed by atoms with Crippen molar-refractivity contribution in [3.05, 3.63) is 53.6 Å². The van der Waals surface area contributed by atoms with Gasteiger partial charge in [0.05, 0.1) is 11.7 Å². The summed E-state index contributed by atoms with van der Waals surface area (Å²) in [5.41, 5.74) is 4.85. The Morgan fingerprint density at radius 2 is 1.77 bits per heavy atom. The number of rotatable bonds is 1. The van der Waals surface area contributed by atoms with Gasteiger partial charge in [0.2, 0.25) is 0 Å². The van der Waals surface area contributed by atoms with E-state index in [2.05, 4.69) is 31.6 Å². The SMILES string of the molecule is CN1CCNC2COc3ccccc3-c3c(C4CCCCC4)c4ccc(cc4n3C2)C(=O)NS(=O)(=O)N(C)CC1. The first-order chi connectivity index (χ1) is 19.3. The average Bonchev–Trinajstić information content (AvgIpc) is 3.25. The average molecular weight is 566 g/mol. The van der Waals surface area contributed by atoms with Gasteiger partial charge in [-0.2, -0.15) is 12.7 Å². The molecule has 3 heterocycles. The van der Waals surface area contributed by atoms with Crippen molar-refractivity contribution in [2.45, 2.75) is 50.6 Å². The van der Waals surface area contributed by atoms with Crippen LogP contribution in [0.25, 0.3) is 22.2 Å². The molecule has 1 amide bonds. The molecular weight excluding hydrogens is 526 g/mol. The van der Waals surface area contributed by atoms with E-state index in [0.29, 0.717) is 31.2 Å². The van der Waals surface area contributed by atoms with Crippen molar-refractivity contribution in [3.8, 4) is 17.0 Å². The highest BCUT2D eigenvalue weighted by Gasteiger charge is 2.31. The molecule has 3 aliphatic rings. The van der Waals surface area contributed by atoms with Crippen molar-refractivity contribution in [1.82, 2.24) is 23.8 Å². The monoisotopic (exact) mass is 565 g/mol. The highest BCUT2D eigenvalue weighted by Crippen LogP contribution is 2.47. The van der Waals surface area contributed by atoms with Crippen LogP contribution < -0.4 is 14.8 Å². The van der Waals surface area contributed by atoms with E-state index in [1.165, 1.54) is 36.2 Å². The molecule has 10 heteroatoms. The van der Waals surface area contributed by atoms with Gasteiger partial charge in [-0.1, -0.05) is 37.5 Å². The zero-order valence-corrected chi connectivity index (χ0v) is 24.2. The predicted molar refractivity (Wildman–Crippen MR) is 157 cm³/mol. The largest absolute Gasteiger partial charge is 0.491 e. The highest BCUT2D eigenvalue weighted by atomic mass is 32.2. The van der Waals surface area contributed by atoms with Crippen molar-refractivity contribution in [2.75, 3.05) is 46.9 Å². The Morgan fingerprint density at radius 1 is 0.975 bits per heavy atom. The lowest BCUT2D eigenvalue weighted by molar-refractivity contribution is 0.0979. The van der Waals surface area contributed by atoms with E-state index < -0.39 is 16.1 Å². The van der Waals surface area contributed by atoms with Gasteiger partial charge < -0.3 is 19.5 Å². The number of nitrogens with zero attached hydrogens (tertiary/aromatic N) is 3.